The number of rotatable bonds is 5. The first kappa shape index (κ1) is 17.9. The summed E-state index contributed by atoms with van der Waals surface area (Å²) in [7, 11) is -0.710. The molecule has 0 unspecified atom stereocenters. The third kappa shape index (κ3) is 3.56. The van der Waals surface area contributed by atoms with Crippen molar-refractivity contribution in [1.29, 1.82) is 0 Å². The molecule has 0 saturated carbocycles. The van der Waals surface area contributed by atoms with Crippen molar-refractivity contribution in [1.82, 2.24) is 9.88 Å². The van der Waals surface area contributed by atoms with Crippen LogP contribution in [0, 0.1) is 0 Å². The molecule has 2 aromatic rings. The average molecular weight is 359 g/mol. The fourth-order valence-electron chi connectivity index (χ4n) is 2.18. The van der Waals surface area contributed by atoms with Crippen LogP contribution in [-0.4, -0.2) is 32.4 Å². The molecule has 9 heteroatoms. The summed E-state index contributed by atoms with van der Waals surface area (Å²) in [4.78, 5) is 4.05. The summed E-state index contributed by atoms with van der Waals surface area (Å²) in [6.07, 6.45) is -0.722. The monoisotopic (exact) mass is 359 g/mol. The molecule has 130 valence electrons. The topological polar surface area (TPSA) is 65.2 Å². The number of alkyl halides is 3. The Kier molecular flexibility index (Phi) is 4.66. The molecule has 2 rings (SSSR count). The summed E-state index contributed by atoms with van der Waals surface area (Å²) in [5, 5.41) is -0.112. The van der Waals surface area contributed by atoms with Gasteiger partial charge in [-0.25, -0.2) is 8.42 Å². The second-order valence-electron chi connectivity index (χ2n) is 5.23. The molecule has 5 nitrogen and oxygen atoms in total. The number of H-pyrrole nitrogens is 1. The Hall–Kier alpha value is -2.42. The lowest BCUT2D eigenvalue weighted by molar-refractivity contribution is -0.136. The summed E-state index contributed by atoms with van der Waals surface area (Å²) in [6, 6.07) is 3.17. The van der Waals surface area contributed by atoms with Crippen molar-refractivity contribution >= 4 is 26.6 Å². The third-order valence-electron chi connectivity index (χ3n) is 3.17. The Morgan fingerprint density at radius 2 is 1.96 bits per heavy atom. The molecule has 1 aromatic carbocycles. The second-order valence-corrected chi connectivity index (χ2v) is 6.91. The Balaban J connectivity index is 2.52. The van der Waals surface area contributed by atoms with Gasteiger partial charge in [-0.15, -0.1) is 0 Å². The van der Waals surface area contributed by atoms with Gasteiger partial charge in [0.15, 0.2) is 0 Å². The lowest BCUT2D eigenvalue weighted by atomic mass is 10.1. The molecular weight excluding hydrogens is 343 g/mol. The molecule has 0 amide bonds. The van der Waals surface area contributed by atoms with Crippen LogP contribution in [0.15, 0.2) is 48.2 Å². The number of nitrogens with one attached hydrogen (secondary N) is 2. The van der Waals surface area contributed by atoms with Gasteiger partial charge >= 0.3 is 6.18 Å². The molecule has 0 aliphatic heterocycles. The van der Waals surface area contributed by atoms with E-state index in [2.05, 4.69) is 16.3 Å². The van der Waals surface area contributed by atoms with E-state index in [1.165, 1.54) is 23.4 Å². The normalized spacial score (nSPS) is 13.1. The molecule has 0 spiro atoms. The predicted molar refractivity (Wildman–Crippen MR) is 87.8 cm³/mol. The van der Waals surface area contributed by atoms with Crippen LogP contribution in [0.1, 0.15) is 5.56 Å². The number of benzene rings is 1. The number of sulfonamides is 1. The van der Waals surface area contributed by atoms with Gasteiger partial charge < -0.3 is 9.88 Å². The number of aromatic amines is 1. The lowest BCUT2D eigenvalue weighted by Gasteiger charge is -2.14. The fourth-order valence-corrected chi connectivity index (χ4v) is 3.33. The van der Waals surface area contributed by atoms with Crippen molar-refractivity contribution in [3.05, 3.63) is 53.7 Å². The molecule has 1 heterocycles. The number of halogens is 3. The van der Waals surface area contributed by atoms with Gasteiger partial charge in [-0.05, 0) is 24.3 Å². The van der Waals surface area contributed by atoms with Crippen LogP contribution in [0.25, 0.3) is 10.9 Å². The van der Waals surface area contributed by atoms with Crippen molar-refractivity contribution in [3.63, 3.8) is 0 Å². The van der Waals surface area contributed by atoms with E-state index < -0.39 is 21.8 Å². The molecule has 0 bridgehead atoms. The number of aromatic nitrogens is 1. The maximum atomic E-state index is 13.0. The van der Waals surface area contributed by atoms with E-state index in [0.717, 1.165) is 18.2 Å². The Morgan fingerprint density at radius 1 is 1.29 bits per heavy atom. The van der Waals surface area contributed by atoms with Gasteiger partial charge in [0.05, 0.1) is 16.8 Å². The summed E-state index contributed by atoms with van der Waals surface area (Å²) in [5.74, 6) is 0. The van der Waals surface area contributed by atoms with Crippen LogP contribution in [0.4, 0.5) is 18.9 Å². The molecule has 1 aromatic heterocycles. The smallest absolute Gasteiger partial charge is 0.382 e. The minimum absolute atomic E-state index is 0.0227. The summed E-state index contributed by atoms with van der Waals surface area (Å²) in [5.41, 5.74) is -0.759. The number of nitrogens with zero attached hydrogens (tertiary/aromatic N) is 1. The van der Waals surface area contributed by atoms with Crippen LogP contribution in [0.5, 0.6) is 0 Å². The van der Waals surface area contributed by atoms with Gasteiger partial charge in [0.1, 0.15) is 4.91 Å². The Bertz CT molecular complexity index is 896. The maximum Gasteiger partial charge on any atom is 0.417 e. The Labute approximate surface area is 137 Å². The highest BCUT2D eigenvalue weighted by Gasteiger charge is 2.33. The van der Waals surface area contributed by atoms with Gasteiger partial charge in [0.25, 0.3) is 10.0 Å². The first-order valence-corrected chi connectivity index (χ1v) is 8.25. The quantitative estimate of drug-likeness (QED) is 0.803. The molecule has 0 fully saturated rings. The SMILES string of the molecule is C=C/C(=C\N(C)C)S(=O)(=O)Nc1ccc(C(F)(F)F)c2cc[nH]c12. The first-order valence-electron chi connectivity index (χ1n) is 6.77. The van der Waals surface area contributed by atoms with E-state index in [1.807, 2.05) is 0 Å². The number of allylic oxidation sites excluding steroid dienone is 1. The molecule has 0 saturated heterocycles. The van der Waals surface area contributed by atoms with Gasteiger partial charge in [-0.3, -0.25) is 4.72 Å². The summed E-state index contributed by atoms with van der Waals surface area (Å²) < 4.78 is 66.1. The van der Waals surface area contributed by atoms with E-state index in [9.17, 15) is 21.6 Å². The van der Waals surface area contributed by atoms with Gasteiger partial charge in [0.2, 0.25) is 0 Å². The number of hydrogen-bond donors (Lipinski definition) is 2. The molecule has 0 aliphatic carbocycles. The largest absolute Gasteiger partial charge is 0.417 e. The van der Waals surface area contributed by atoms with E-state index in [4.69, 9.17) is 0 Å². The second kappa shape index (κ2) is 6.23. The zero-order chi connectivity index (χ0) is 18.1. The first-order chi connectivity index (χ1) is 11.1. The van der Waals surface area contributed by atoms with Crippen molar-refractivity contribution in [2.75, 3.05) is 18.8 Å². The minimum atomic E-state index is -4.53. The zero-order valence-electron chi connectivity index (χ0n) is 13.0. The highest BCUT2D eigenvalue weighted by atomic mass is 32.2. The van der Waals surface area contributed by atoms with E-state index >= 15 is 0 Å². The van der Waals surface area contributed by atoms with Gasteiger partial charge in [0, 0.05) is 31.9 Å². The Morgan fingerprint density at radius 3 is 2.50 bits per heavy atom. The minimum Gasteiger partial charge on any atom is -0.382 e. The molecule has 0 atom stereocenters. The molecule has 2 N–H and O–H groups in total. The van der Waals surface area contributed by atoms with E-state index in [0.29, 0.717) is 0 Å². The lowest BCUT2D eigenvalue weighted by Crippen LogP contribution is -2.17. The molecule has 24 heavy (non-hydrogen) atoms. The van der Waals surface area contributed by atoms with Crippen molar-refractivity contribution < 1.29 is 21.6 Å². The van der Waals surface area contributed by atoms with Crippen molar-refractivity contribution in [2.45, 2.75) is 6.18 Å². The number of anilines is 1. The van der Waals surface area contributed by atoms with Crippen molar-refractivity contribution in [3.8, 4) is 0 Å². The maximum absolute atomic E-state index is 13.0. The fraction of sp³-hybridized carbons (Fsp3) is 0.200. The standard InChI is InChI=1S/C15H16F3N3O2S/c1-4-10(9-21(2)3)24(22,23)20-13-6-5-12(15(16,17)18)11-7-8-19-14(11)13/h4-9,19-20H,1H2,2-3H3/b10-9+. The molecular formula is C15H16F3N3O2S. The number of fused-ring (bicyclic) bond motifs is 1. The van der Waals surface area contributed by atoms with Crippen molar-refractivity contribution in [2.24, 2.45) is 0 Å². The van der Waals surface area contributed by atoms with Crippen LogP contribution in [0.2, 0.25) is 0 Å². The highest BCUT2D eigenvalue weighted by molar-refractivity contribution is 7.96. The van der Waals surface area contributed by atoms with Crippen LogP contribution >= 0.6 is 0 Å². The number of hydrogen-bond acceptors (Lipinski definition) is 3. The molecule has 0 radical (unpaired) electrons. The molecule has 0 aliphatic rings. The van der Waals surface area contributed by atoms with Crippen LogP contribution in [0.3, 0.4) is 0 Å². The van der Waals surface area contributed by atoms with E-state index in [-0.39, 0.29) is 21.5 Å². The van der Waals surface area contributed by atoms with E-state index in [1.54, 1.807) is 14.1 Å². The zero-order valence-corrected chi connectivity index (χ0v) is 13.8. The summed E-state index contributed by atoms with van der Waals surface area (Å²) in [6.45, 7) is 3.45. The third-order valence-corrected chi connectivity index (χ3v) is 4.55. The highest BCUT2D eigenvalue weighted by Crippen LogP contribution is 2.37. The van der Waals surface area contributed by atoms with Gasteiger partial charge in [-0.1, -0.05) is 6.58 Å². The summed E-state index contributed by atoms with van der Waals surface area (Å²) >= 11 is 0. The predicted octanol–water partition coefficient (Wildman–Crippen LogP) is 3.52. The average Bonchev–Trinajstić information content (AvgIpc) is 2.92. The van der Waals surface area contributed by atoms with Gasteiger partial charge in [-0.2, -0.15) is 13.2 Å². The van der Waals surface area contributed by atoms with Crippen LogP contribution < -0.4 is 4.72 Å². The van der Waals surface area contributed by atoms with Crippen LogP contribution in [-0.2, 0) is 16.2 Å².